The summed E-state index contributed by atoms with van der Waals surface area (Å²) in [6.07, 6.45) is -4.12. The zero-order chi connectivity index (χ0) is 14.2. The first-order chi connectivity index (χ1) is 8.79. The number of fused-ring (bicyclic) bond motifs is 1. The predicted octanol–water partition coefficient (Wildman–Crippen LogP) is 1.69. The van der Waals surface area contributed by atoms with Gasteiger partial charge in [0.2, 0.25) is 11.7 Å². The third-order valence-corrected chi connectivity index (χ3v) is 2.94. The second-order valence-electron chi connectivity index (χ2n) is 5.00. The molecule has 0 spiro atoms. The van der Waals surface area contributed by atoms with Gasteiger partial charge < -0.3 is 9.47 Å². The summed E-state index contributed by atoms with van der Waals surface area (Å²) in [5.41, 5.74) is 0. The van der Waals surface area contributed by atoms with Gasteiger partial charge in [0.1, 0.15) is 0 Å². The number of rotatable bonds is 2. The van der Waals surface area contributed by atoms with Gasteiger partial charge in [0.05, 0.1) is 6.54 Å². The molecule has 1 amide bonds. The molecule has 0 unspecified atom stereocenters. The maximum Gasteiger partial charge on any atom is 0.451 e. The molecule has 0 atom stereocenters. The number of carbonyl (C=O) groups is 1. The largest absolute Gasteiger partial charge is 0.451 e. The Labute approximate surface area is 108 Å². The first kappa shape index (κ1) is 13.8. The van der Waals surface area contributed by atoms with E-state index in [-0.39, 0.29) is 37.3 Å². The van der Waals surface area contributed by atoms with Crippen molar-refractivity contribution in [2.75, 3.05) is 6.54 Å². The van der Waals surface area contributed by atoms with Crippen LogP contribution in [0.2, 0.25) is 0 Å². The Bertz CT molecular complexity index is 481. The summed E-state index contributed by atoms with van der Waals surface area (Å²) in [6.45, 7) is 4.29. The smallest absolute Gasteiger partial charge is 0.333 e. The number of halogens is 3. The van der Waals surface area contributed by atoms with Crippen LogP contribution in [0.15, 0.2) is 0 Å². The van der Waals surface area contributed by atoms with Crippen molar-refractivity contribution in [1.82, 2.24) is 19.7 Å². The highest BCUT2D eigenvalue weighted by Crippen LogP contribution is 2.29. The minimum absolute atomic E-state index is 0.0576. The van der Waals surface area contributed by atoms with Crippen LogP contribution in [0.25, 0.3) is 0 Å². The summed E-state index contributed by atoms with van der Waals surface area (Å²) in [5, 5.41) is 6.71. The minimum Gasteiger partial charge on any atom is -0.333 e. The quantitative estimate of drug-likeness (QED) is 0.826. The van der Waals surface area contributed by atoms with Gasteiger partial charge in [0.15, 0.2) is 5.82 Å². The van der Waals surface area contributed by atoms with Crippen molar-refractivity contribution < 1.29 is 18.0 Å². The molecular formula is C11H15F3N4O. The van der Waals surface area contributed by atoms with E-state index in [1.807, 2.05) is 13.8 Å². The van der Waals surface area contributed by atoms with Crippen molar-refractivity contribution in [3.8, 4) is 0 Å². The van der Waals surface area contributed by atoms with Gasteiger partial charge >= 0.3 is 6.18 Å². The van der Waals surface area contributed by atoms with E-state index < -0.39 is 12.0 Å². The van der Waals surface area contributed by atoms with Crippen LogP contribution < -0.4 is 0 Å². The Balaban J connectivity index is 2.14. The van der Waals surface area contributed by atoms with Gasteiger partial charge in [-0.1, -0.05) is 13.8 Å². The monoisotopic (exact) mass is 276 g/mol. The topological polar surface area (TPSA) is 51.0 Å². The van der Waals surface area contributed by atoms with Crippen molar-refractivity contribution in [2.24, 2.45) is 5.92 Å². The van der Waals surface area contributed by atoms with E-state index in [0.717, 1.165) is 4.57 Å². The number of nitrogens with zero attached hydrogens (tertiary/aromatic N) is 4. The highest BCUT2D eigenvalue weighted by atomic mass is 19.4. The van der Waals surface area contributed by atoms with Gasteiger partial charge in [-0.05, 0) is 5.92 Å². The summed E-state index contributed by atoms with van der Waals surface area (Å²) in [4.78, 5) is 13.4. The molecule has 0 N–H and O–H groups in total. The lowest BCUT2D eigenvalue weighted by molar-refractivity contribution is -0.148. The van der Waals surface area contributed by atoms with Crippen molar-refractivity contribution in [3.63, 3.8) is 0 Å². The van der Waals surface area contributed by atoms with E-state index in [0.29, 0.717) is 6.42 Å². The van der Waals surface area contributed by atoms with Crippen LogP contribution in [-0.2, 0) is 24.1 Å². The van der Waals surface area contributed by atoms with Crippen molar-refractivity contribution in [2.45, 2.75) is 39.5 Å². The third kappa shape index (κ3) is 2.87. The highest BCUT2D eigenvalue weighted by Gasteiger charge is 2.39. The van der Waals surface area contributed by atoms with Crippen molar-refractivity contribution in [3.05, 3.63) is 11.6 Å². The summed E-state index contributed by atoms with van der Waals surface area (Å²) >= 11 is 0. The average molecular weight is 276 g/mol. The fourth-order valence-corrected chi connectivity index (χ4v) is 2.06. The summed E-state index contributed by atoms with van der Waals surface area (Å²) in [5.74, 6) is -0.634. The Morgan fingerprint density at radius 3 is 2.58 bits per heavy atom. The fourth-order valence-electron chi connectivity index (χ4n) is 2.06. The van der Waals surface area contributed by atoms with Gasteiger partial charge in [-0.2, -0.15) is 13.2 Å². The Hall–Kier alpha value is -1.60. The molecule has 0 radical (unpaired) electrons. The standard InChI is InChI=1S/C11H15F3N4O/c1-7(2)5-9(19)17-3-4-18-8(6-17)15-16-10(18)11(12,13)14/h7H,3-6H2,1-2H3. The predicted molar refractivity (Wildman–Crippen MR) is 59.9 cm³/mol. The van der Waals surface area contributed by atoms with Crippen LogP contribution >= 0.6 is 0 Å². The molecule has 2 rings (SSSR count). The Morgan fingerprint density at radius 1 is 1.32 bits per heavy atom. The molecule has 106 valence electrons. The molecule has 1 aliphatic rings. The molecule has 0 fully saturated rings. The molecule has 19 heavy (non-hydrogen) atoms. The van der Waals surface area contributed by atoms with E-state index in [2.05, 4.69) is 10.2 Å². The number of amides is 1. The molecule has 0 aromatic carbocycles. The molecule has 1 aromatic heterocycles. The number of alkyl halides is 3. The third-order valence-electron chi connectivity index (χ3n) is 2.94. The average Bonchev–Trinajstić information content (AvgIpc) is 2.69. The molecule has 0 saturated heterocycles. The Kier molecular flexibility index (Phi) is 3.51. The first-order valence-corrected chi connectivity index (χ1v) is 6.06. The van der Waals surface area contributed by atoms with Gasteiger partial charge in [0, 0.05) is 19.5 Å². The molecule has 0 aliphatic carbocycles. The second-order valence-corrected chi connectivity index (χ2v) is 5.00. The molecule has 1 aliphatic heterocycles. The number of aromatic nitrogens is 3. The normalized spacial score (nSPS) is 15.8. The van der Waals surface area contributed by atoms with Crippen LogP contribution in [0.1, 0.15) is 31.9 Å². The molecule has 0 bridgehead atoms. The molecule has 2 heterocycles. The van der Waals surface area contributed by atoms with Crippen LogP contribution in [0, 0.1) is 5.92 Å². The lowest BCUT2D eigenvalue weighted by Gasteiger charge is -2.28. The lowest BCUT2D eigenvalue weighted by Crippen LogP contribution is -2.39. The van der Waals surface area contributed by atoms with Gasteiger partial charge in [-0.15, -0.1) is 10.2 Å². The maximum atomic E-state index is 12.6. The lowest BCUT2D eigenvalue weighted by atomic mass is 10.1. The van der Waals surface area contributed by atoms with Crippen LogP contribution in [-0.4, -0.2) is 32.1 Å². The molecule has 8 heteroatoms. The van der Waals surface area contributed by atoms with Crippen LogP contribution in [0.4, 0.5) is 13.2 Å². The zero-order valence-corrected chi connectivity index (χ0v) is 10.7. The van der Waals surface area contributed by atoms with Crippen molar-refractivity contribution in [1.29, 1.82) is 0 Å². The second kappa shape index (κ2) is 4.82. The van der Waals surface area contributed by atoms with Crippen LogP contribution in [0.5, 0.6) is 0 Å². The van der Waals surface area contributed by atoms with Gasteiger partial charge in [-0.25, -0.2) is 0 Å². The van der Waals surface area contributed by atoms with Gasteiger partial charge in [0.25, 0.3) is 0 Å². The SMILES string of the molecule is CC(C)CC(=O)N1CCn2c(nnc2C(F)(F)F)C1. The molecule has 5 nitrogen and oxygen atoms in total. The molecular weight excluding hydrogens is 261 g/mol. The fraction of sp³-hybridized carbons (Fsp3) is 0.727. The molecule has 1 aromatic rings. The number of hydrogen-bond acceptors (Lipinski definition) is 3. The Morgan fingerprint density at radius 2 is 2.00 bits per heavy atom. The van der Waals surface area contributed by atoms with Gasteiger partial charge in [-0.3, -0.25) is 4.79 Å². The van der Waals surface area contributed by atoms with E-state index in [1.54, 1.807) is 0 Å². The summed E-state index contributed by atoms with van der Waals surface area (Å²) in [6, 6.07) is 0. The molecule has 0 saturated carbocycles. The first-order valence-electron chi connectivity index (χ1n) is 6.06. The van der Waals surface area contributed by atoms with E-state index in [9.17, 15) is 18.0 Å². The number of hydrogen-bond donors (Lipinski definition) is 0. The number of carbonyl (C=O) groups excluding carboxylic acids is 1. The van der Waals surface area contributed by atoms with Crippen molar-refractivity contribution >= 4 is 5.91 Å². The van der Waals surface area contributed by atoms with E-state index in [1.165, 1.54) is 4.90 Å². The maximum absolute atomic E-state index is 12.6. The van der Waals surface area contributed by atoms with E-state index >= 15 is 0 Å². The highest BCUT2D eigenvalue weighted by molar-refractivity contribution is 5.76. The summed E-state index contributed by atoms with van der Waals surface area (Å²) < 4.78 is 38.9. The van der Waals surface area contributed by atoms with E-state index in [4.69, 9.17) is 0 Å². The minimum atomic E-state index is -4.50. The summed E-state index contributed by atoms with van der Waals surface area (Å²) in [7, 11) is 0. The zero-order valence-electron chi connectivity index (χ0n) is 10.7. The van der Waals surface area contributed by atoms with Crippen LogP contribution in [0.3, 0.4) is 0 Å².